The third-order valence-corrected chi connectivity index (χ3v) is 6.41. The highest BCUT2D eigenvalue weighted by Crippen LogP contribution is 2.24. The maximum absolute atomic E-state index is 13.3. The highest BCUT2D eigenvalue weighted by molar-refractivity contribution is 7.89. The number of carbonyl (C=O) groups is 1. The van der Waals surface area contributed by atoms with Crippen LogP contribution in [-0.2, 0) is 19.6 Å². The van der Waals surface area contributed by atoms with Crippen LogP contribution in [0.5, 0.6) is 0 Å². The maximum Gasteiger partial charge on any atom is 0.306 e. The van der Waals surface area contributed by atoms with Crippen molar-refractivity contribution in [2.24, 2.45) is 11.8 Å². The molecule has 0 unspecified atom stereocenters. The van der Waals surface area contributed by atoms with Crippen molar-refractivity contribution in [3.8, 4) is 0 Å². The molecule has 8 heteroatoms. The van der Waals surface area contributed by atoms with E-state index in [0.717, 1.165) is 5.39 Å². The largest absolute Gasteiger partial charge is 0.464 e. The van der Waals surface area contributed by atoms with Gasteiger partial charge in [-0.05, 0) is 63.3 Å². The molecule has 0 bridgehead atoms. The van der Waals surface area contributed by atoms with Gasteiger partial charge in [0.1, 0.15) is 11.2 Å². The van der Waals surface area contributed by atoms with E-state index in [-0.39, 0.29) is 36.3 Å². The summed E-state index contributed by atoms with van der Waals surface area (Å²) in [5.74, 6) is -0.651. The van der Waals surface area contributed by atoms with Crippen molar-refractivity contribution in [2.45, 2.75) is 58.0 Å². The van der Waals surface area contributed by atoms with Gasteiger partial charge in [0.05, 0.1) is 17.6 Å². The van der Waals surface area contributed by atoms with Crippen LogP contribution in [0.25, 0.3) is 11.0 Å². The number of benzene rings is 1. The Kier molecular flexibility index (Phi) is 8.07. The first-order valence-corrected chi connectivity index (χ1v) is 11.7. The predicted octanol–water partition coefficient (Wildman–Crippen LogP) is 3.81. The van der Waals surface area contributed by atoms with Crippen LogP contribution in [-0.4, -0.2) is 49.1 Å². The van der Waals surface area contributed by atoms with E-state index in [0.29, 0.717) is 18.5 Å². The van der Waals surface area contributed by atoms with Crippen LogP contribution in [0.15, 0.2) is 39.8 Å². The first-order chi connectivity index (χ1) is 13.9. The quantitative estimate of drug-likeness (QED) is 0.566. The molecule has 0 amide bonds. The van der Waals surface area contributed by atoms with Crippen molar-refractivity contribution in [2.75, 3.05) is 19.7 Å². The fourth-order valence-corrected chi connectivity index (χ4v) is 4.83. The number of furan rings is 1. The number of carbonyl (C=O) groups excluding carboxylic acids is 1. The summed E-state index contributed by atoms with van der Waals surface area (Å²) in [7, 11) is -3.73. The normalized spacial score (nSPS) is 13.9. The zero-order valence-corrected chi connectivity index (χ0v) is 19.2. The number of rotatable bonds is 10. The van der Waals surface area contributed by atoms with Crippen molar-refractivity contribution in [3.63, 3.8) is 0 Å². The lowest BCUT2D eigenvalue weighted by Gasteiger charge is -2.26. The average molecular weight is 440 g/mol. The van der Waals surface area contributed by atoms with Gasteiger partial charge >= 0.3 is 5.97 Å². The molecule has 1 atom stereocenters. The Morgan fingerprint density at radius 1 is 1.23 bits per heavy atom. The lowest BCUT2D eigenvalue weighted by molar-refractivity contribution is -0.156. The van der Waals surface area contributed by atoms with Gasteiger partial charge in [-0.3, -0.25) is 4.79 Å². The molecule has 1 aromatic heterocycles. The van der Waals surface area contributed by atoms with Gasteiger partial charge in [0, 0.05) is 25.1 Å². The average Bonchev–Trinajstić information content (AvgIpc) is 3.09. The van der Waals surface area contributed by atoms with Crippen molar-refractivity contribution in [3.05, 3.63) is 30.5 Å². The van der Waals surface area contributed by atoms with Crippen molar-refractivity contribution < 1.29 is 27.5 Å². The smallest absolute Gasteiger partial charge is 0.306 e. The van der Waals surface area contributed by atoms with Gasteiger partial charge in [-0.1, -0.05) is 13.8 Å². The molecule has 168 valence electrons. The summed E-state index contributed by atoms with van der Waals surface area (Å²) in [5.41, 5.74) is 0.0256. The minimum atomic E-state index is -3.73. The third kappa shape index (κ3) is 6.82. The van der Waals surface area contributed by atoms with E-state index in [1.807, 2.05) is 13.8 Å². The summed E-state index contributed by atoms with van der Waals surface area (Å²) in [4.78, 5) is 12.3. The van der Waals surface area contributed by atoms with Crippen LogP contribution in [0, 0.1) is 11.8 Å². The highest BCUT2D eigenvalue weighted by atomic mass is 32.2. The minimum Gasteiger partial charge on any atom is -0.464 e. The lowest BCUT2D eigenvalue weighted by Crippen LogP contribution is -2.36. The first kappa shape index (κ1) is 24.4. The molecule has 1 heterocycles. The zero-order valence-electron chi connectivity index (χ0n) is 18.4. The Morgan fingerprint density at radius 3 is 2.53 bits per heavy atom. The van der Waals surface area contributed by atoms with Gasteiger partial charge in [-0.25, -0.2) is 8.42 Å². The summed E-state index contributed by atoms with van der Waals surface area (Å²) in [5, 5.41) is 10.4. The standard InChI is InChI=1S/C22H33NO6S/c1-16(2)14-23(10-8-17(15-24)12-21(25)29-22(3,4)5)30(26,27)19-6-7-20-18(13-19)9-11-28-20/h6-7,9,11,13,16-17,24H,8,10,12,14-15H2,1-5H3/t17-/m1/s1. The van der Waals surface area contributed by atoms with Crippen LogP contribution >= 0.6 is 0 Å². The molecular weight excluding hydrogens is 406 g/mol. The molecule has 30 heavy (non-hydrogen) atoms. The Hall–Kier alpha value is -1.90. The number of ether oxygens (including phenoxy) is 1. The van der Waals surface area contributed by atoms with Crippen LogP contribution in [0.3, 0.4) is 0 Å². The molecule has 1 N–H and O–H groups in total. The SMILES string of the molecule is CC(C)CN(CC[C@@H](CO)CC(=O)OC(C)(C)C)S(=O)(=O)c1ccc2occc2c1. The molecule has 0 aliphatic carbocycles. The first-order valence-electron chi connectivity index (χ1n) is 10.2. The van der Waals surface area contributed by atoms with Crippen molar-refractivity contribution in [1.82, 2.24) is 4.31 Å². The van der Waals surface area contributed by atoms with Gasteiger partial charge in [-0.15, -0.1) is 0 Å². The van der Waals surface area contributed by atoms with Crippen molar-refractivity contribution in [1.29, 1.82) is 0 Å². The van der Waals surface area contributed by atoms with Crippen LogP contribution in [0.2, 0.25) is 0 Å². The van der Waals surface area contributed by atoms with Crippen molar-refractivity contribution >= 4 is 27.0 Å². The van der Waals surface area contributed by atoms with Gasteiger partial charge < -0.3 is 14.3 Å². The molecule has 2 rings (SSSR count). The van der Waals surface area contributed by atoms with E-state index in [4.69, 9.17) is 9.15 Å². The number of sulfonamides is 1. The number of esters is 1. The van der Waals surface area contributed by atoms with E-state index in [1.54, 1.807) is 45.0 Å². The summed E-state index contributed by atoms with van der Waals surface area (Å²) in [6.45, 7) is 9.59. The Morgan fingerprint density at radius 2 is 1.93 bits per heavy atom. The predicted molar refractivity (Wildman–Crippen MR) is 115 cm³/mol. The molecule has 0 aliphatic rings. The molecule has 0 radical (unpaired) electrons. The lowest BCUT2D eigenvalue weighted by atomic mass is 10.0. The van der Waals surface area contributed by atoms with Crippen LogP contribution in [0.1, 0.15) is 47.5 Å². The summed E-state index contributed by atoms with van der Waals surface area (Å²) in [6.07, 6.45) is 1.93. The summed E-state index contributed by atoms with van der Waals surface area (Å²) >= 11 is 0. The number of aliphatic hydroxyl groups excluding tert-OH is 1. The van der Waals surface area contributed by atoms with E-state index in [1.165, 1.54) is 10.6 Å². The molecule has 0 spiro atoms. The molecule has 2 aromatic rings. The second-order valence-electron chi connectivity index (χ2n) is 9.00. The molecular formula is C22H33NO6S. The monoisotopic (exact) mass is 439 g/mol. The number of aliphatic hydroxyl groups is 1. The second kappa shape index (κ2) is 9.94. The molecule has 0 aliphatic heterocycles. The Balaban J connectivity index is 2.14. The van der Waals surface area contributed by atoms with Crippen LogP contribution in [0.4, 0.5) is 0 Å². The van der Waals surface area contributed by atoms with Gasteiger partial charge in [0.25, 0.3) is 0 Å². The number of fused-ring (bicyclic) bond motifs is 1. The number of hydrogen-bond donors (Lipinski definition) is 1. The fourth-order valence-electron chi connectivity index (χ4n) is 3.17. The molecule has 7 nitrogen and oxygen atoms in total. The Labute approximate surface area is 179 Å². The molecule has 0 fully saturated rings. The third-order valence-electron chi connectivity index (χ3n) is 4.55. The number of nitrogens with zero attached hydrogens (tertiary/aromatic N) is 1. The molecule has 0 saturated carbocycles. The van der Waals surface area contributed by atoms with Gasteiger partial charge in [0.15, 0.2) is 0 Å². The van der Waals surface area contributed by atoms with E-state index >= 15 is 0 Å². The maximum atomic E-state index is 13.3. The van der Waals surface area contributed by atoms with Crippen LogP contribution < -0.4 is 0 Å². The van der Waals surface area contributed by atoms with E-state index in [9.17, 15) is 18.3 Å². The van der Waals surface area contributed by atoms with Gasteiger partial charge in [-0.2, -0.15) is 4.31 Å². The Bertz CT molecular complexity index is 942. The zero-order chi connectivity index (χ0) is 22.5. The topological polar surface area (TPSA) is 97.0 Å². The fraction of sp³-hybridized carbons (Fsp3) is 0.591. The molecule has 1 aromatic carbocycles. The van der Waals surface area contributed by atoms with Gasteiger partial charge in [0.2, 0.25) is 10.0 Å². The van der Waals surface area contributed by atoms with E-state index in [2.05, 4.69) is 0 Å². The summed E-state index contributed by atoms with van der Waals surface area (Å²) in [6, 6.07) is 6.52. The van der Waals surface area contributed by atoms with E-state index < -0.39 is 21.6 Å². The summed E-state index contributed by atoms with van der Waals surface area (Å²) < 4.78 is 38.6. The minimum absolute atomic E-state index is 0.0459. The highest BCUT2D eigenvalue weighted by Gasteiger charge is 2.27. The molecule has 0 saturated heterocycles. The number of hydrogen-bond acceptors (Lipinski definition) is 6. The second-order valence-corrected chi connectivity index (χ2v) is 10.9.